The Balaban J connectivity index is 1.18. The first-order valence-corrected chi connectivity index (χ1v) is 12.9. The van der Waals surface area contributed by atoms with Crippen LogP contribution in [0.3, 0.4) is 0 Å². The van der Waals surface area contributed by atoms with Crippen LogP contribution in [0.1, 0.15) is 29.8 Å². The van der Waals surface area contributed by atoms with E-state index in [2.05, 4.69) is 14.3 Å². The molecule has 2 aromatic carbocycles. The van der Waals surface area contributed by atoms with E-state index in [1.165, 1.54) is 23.7 Å². The molecule has 0 amide bonds. The second kappa shape index (κ2) is 8.20. The van der Waals surface area contributed by atoms with Crippen LogP contribution in [-0.2, 0) is 16.4 Å². The number of piperidine rings is 1. The van der Waals surface area contributed by atoms with Crippen LogP contribution < -0.4 is 4.90 Å². The Morgan fingerprint density at radius 2 is 1.81 bits per heavy atom. The van der Waals surface area contributed by atoms with E-state index < -0.39 is 10.0 Å². The minimum Gasteiger partial charge on any atom is -0.346 e. The molecule has 32 heavy (non-hydrogen) atoms. The molecule has 2 aliphatic heterocycles. The lowest BCUT2D eigenvalue weighted by molar-refractivity contribution is 0.114. The summed E-state index contributed by atoms with van der Waals surface area (Å²) in [7, 11) is -3.44. The Morgan fingerprint density at radius 1 is 1.09 bits per heavy atom. The van der Waals surface area contributed by atoms with Crippen LogP contribution in [0.15, 0.2) is 53.4 Å². The number of halogens is 1. The summed E-state index contributed by atoms with van der Waals surface area (Å²) in [5.41, 5.74) is 2.09. The standard InChI is InChI=1S/C23H25FN4O2S2/c1-17-3-2-4-20(13-17)32(29,30)28-11-9-23(10-12-28)15-27(16-23)22-25-21(26-31-22)14-18-5-7-19(24)8-6-18/h2-8,13H,9-12,14-16H2,1H3. The Kier molecular flexibility index (Phi) is 5.51. The first kappa shape index (κ1) is 21.5. The van der Waals surface area contributed by atoms with E-state index in [0.29, 0.717) is 24.4 Å². The van der Waals surface area contributed by atoms with Gasteiger partial charge in [-0.1, -0.05) is 24.3 Å². The lowest BCUT2D eigenvalue weighted by atomic mass is 9.73. The van der Waals surface area contributed by atoms with Crippen molar-refractivity contribution in [3.63, 3.8) is 0 Å². The fourth-order valence-corrected chi connectivity index (χ4v) is 6.80. The maximum Gasteiger partial charge on any atom is 0.243 e. The highest BCUT2D eigenvalue weighted by Gasteiger charge is 2.47. The van der Waals surface area contributed by atoms with Gasteiger partial charge in [-0.2, -0.15) is 8.68 Å². The number of aryl methyl sites for hydroxylation is 1. The molecule has 6 nitrogen and oxygen atoms in total. The molecule has 2 aliphatic rings. The molecular formula is C23H25FN4O2S2. The summed E-state index contributed by atoms with van der Waals surface area (Å²) in [5.74, 6) is 0.501. The lowest BCUT2D eigenvalue weighted by Crippen LogP contribution is -2.61. The van der Waals surface area contributed by atoms with Crippen LogP contribution in [0.4, 0.5) is 9.52 Å². The molecule has 0 bridgehead atoms. The molecule has 0 aliphatic carbocycles. The summed E-state index contributed by atoms with van der Waals surface area (Å²) in [4.78, 5) is 7.28. The van der Waals surface area contributed by atoms with Crippen molar-refractivity contribution in [1.82, 2.24) is 13.7 Å². The Labute approximate surface area is 191 Å². The quantitative estimate of drug-likeness (QED) is 0.564. The zero-order valence-corrected chi connectivity index (χ0v) is 19.5. The summed E-state index contributed by atoms with van der Waals surface area (Å²) in [6.07, 6.45) is 2.30. The van der Waals surface area contributed by atoms with Crippen molar-refractivity contribution in [3.8, 4) is 0 Å². The van der Waals surface area contributed by atoms with E-state index in [4.69, 9.17) is 0 Å². The second-order valence-electron chi connectivity index (χ2n) is 8.87. The third-order valence-electron chi connectivity index (χ3n) is 6.47. The molecule has 1 aromatic heterocycles. The van der Waals surface area contributed by atoms with Gasteiger partial charge in [0, 0.05) is 49.5 Å². The average Bonchev–Trinajstić information content (AvgIpc) is 3.22. The van der Waals surface area contributed by atoms with Crippen molar-refractivity contribution in [3.05, 3.63) is 71.3 Å². The van der Waals surface area contributed by atoms with Crippen LogP contribution in [0.2, 0.25) is 0 Å². The van der Waals surface area contributed by atoms with Crippen LogP contribution in [0, 0.1) is 18.2 Å². The topological polar surface area (TPSA) is 66.4 Å². The molecule has 5 rings (SSSR count). The Morgan fingerprint density at radius 3 is 2.50 bits per heavy atom. The average molecular weight is 473 g/mol. The van der Waals surface area contributed by atoms with Crippen molar-refractivity contribution < 1.29 is 12.8 Å². The predicted octanol–water partition coefficient (Wildman–Crippen LogP) is 3.87. The Hall–Kier alpha value is -2.36. The smallest absolute Gasteiger partial charge is 0.243 e. The van der Waals surface area contributed by atoms with Gasteiger partial charge in [0.2, 0.25) is 15.2 Å². The van der Waals surface area contributed by atoms with Gasteiger partial charge < -0.3 is 4.90 Å². The van der Waals surface area contributed by atoms with Crippen molar-refractivity contribution in [2.24, 2.45) is 5.41 Å². The van der Waals surface area contributed by atoms with Crippen LogP contribution in [-0.4, -0.2) is 48.3 Å². The van der Waals surface area contributed by atoms with E-state index in [1.54, 1.807) is 34.6 Å². The summed E-state index contributed by atoms with van der Waals surface area (Å²) in [5, 5.41) is 0.905. The third kappa shape index (κ3) is 4.16. The molecule has 2 fully saturated rings. The normalized spacial score (nSPS) is 18.6. The number of hydrogen-bond donors (Lipinski definition) is 0. The van der Waals surface area contributed by atoms with Gasteiger partial charge in [-0.05, 0) is 55.2 Å². The maximum atomic E-state index is 13.1. The molecule has 1 spiro atoms. The lowest BCUT2D eigenvalue weighted by Gasteiger charge is -2.53. The molecule has 3 aromatic rings. The summed E-state index contributed by atoms with van der Waals surface area (Å²) in [6, 6.07) is 13.5. The number of hydrogen-bond acceptors (Lipinski definition) is 6. The molecule has 0 unspecified atom stereocenters. The molecular weight excluding hydrogens is 447 g/mol. The second-order valence-corrected chi connectivity index (χ2v) is 11.5. The van der Waals surface area contributed by atoms with E-state index in [1.807, 2.05) is 13.0 Å². The fraction of sp³-hybridized carbons (Fsp3) is 0.391. The highest BCUT2D eigenvalue weighted by atomic mass is 32.2. The first-order chi connectivity index (χ1) is 15.3. The van der Waals surface area contributed by atoms with Crippen LogP contribution >= 0.6 is 11.5 Å². The molecule has 0 radical (unpaired) electrons. The Bertz CT molecular complexity index is 1210. The number of nitrogens with zero attached hydrogens (tertiary/aromatic N) is 4. The van der Waals surface area contributed by atoms with E-state index in [-0.39, 0.29) is 11.2 Å². The molecule has 0 atom stereocenters. The van der Waals surface area contributed by atoms with Gasteiger partial charge in [0.1, 0.15) is 11.6 Å². The number of sulfonamides is 1. The monoisotopic (exact) mass is 472 g/mol. The molecule has 0 saturated carbocycles. The number of rotatable bonds is 5. The minimum absolute atomic E-state index is 0.154. The highest BCUT2D eigenvalue weighted by Crippen LogP contribution is 2.43. The minimum atomic E-state index is -3.44. The molecule has 168 valence electrons. The molecule has 9 heteroatoms. The molecule has 2 saturated heterocycles. The molecule has 0 N–H and O–H groups in total. The van der Waals surface area contributed by atoms with Gasteiger partial charge in [0.05, 0.1) is 4.90 Å². The van der Waals surface area contributed by atoms with E-state index in [0.717, 1.165) is 48.0 Å². The van der Waals surface area contributed by atoms with Gasteiger partial charge in [0.25, 0.3) is 0 Å². The number of anilines is 1. The van der Waals surface area contributed by atoms with E-state index >= 15 is 0 Å². The van der Waals surface area contributed by atoms with Crippen LogP contribution in [0.5, 0.6) is 0 Å². The van der Waals surface area contributed by atoms with Gasteiger partial charge in [-0.15, -0.1) is 0 Å². The van der Waals surface area contributed by atoms with Gasteiger partial charge in [0.15, 0.2) is 0 Å². The van der Waals surface area contributed by atoms with Crippen molar-refractivity contribution >= 4 is 26.7 Å². The van der Waals surface area contributed by atoms with Gasteiger partial charge in [-0.25, -0.2) is 17.8 Å². The van der Waals surface area contributed by atoms with Crippen LogP contribution in [0.25, 0.3) is 0 Å². The zero-order chi connectivity index (χ0) is 22.3. The number of aromatic nitrogens is 2. The van der Waals surface area contributed by atoms with Gasteiger partial charge in [-0.3, -0.25) is 0 Å². The van der Waals surface area contributed by atoms with Gasteiger partial charge >= 0.3 is 0 Å². The SMILES string of the molecule is Cc1cccc(S(=O)(=O)N2CCC3(CC2)CN(c2nc(Cc4ccc(F)cc4)ns2)C3)c1. The molecule has 3 heterocycles. The third-order valence-corrected chi connectivity index (χ3v) is 9.18. The number of benzene rings is 2. The van der Waals surface area contributed by atoms with Crippen molar-refractivity contribution in [1.29, 1.82) is 0 Å². The summed E-state index contributed by atoms with van der Waals surface area (Å²) >= 11 is 1.39. The summed E-state index contributed by atoms with van der Waals surface area (Å²) < 4.78 is 45.2. The van der Waals surface area contributed by atoms with Crippen molar-refractivity contribution in [2.75, 3.05) is 31.1 Å². The fourth-order valence-electron chi connectivity index (χ4n) is 4.57. The maximum absolute atomic E-state index is 13.1. The predicted molar refractivity (Wildman–Crippen MR) is 123 cm³/mol. The zero-order valence-electron chi connectivity index (χ0n) is 17.9. The van der Waals surface area contributed by atoms with Crippen molar-refractivity contribution in [2.45, 2.75) is 31.1 Å². The summed E-state index contributed by atoms with van der Waals surface area (Å²) in [6.45, 7) is 4.78. The highest BCUT2D eigenvalue weighted by molar-refractivity contribution is 7.89. The largest absolute Gasteiger partial charge is 0.346 e. The van der Waals surface area contributed by atoms with E-state index in [9.17, 15) is 12.8 Å². The first-order valence-electron chi connectivity index (χ1n) is 10.7.